The Hall–Kier alpha value is -1.70. The molecule has 8 nitrogen and oxygen atoms in total. The number of methoxy groups -OCH3 is 1. The van der Waals surface area contributed by atoms with E-state index in [-0.39, 0.29) is 0 Å². The molecule has 0 fully saturated rings. The van der Waals surface area contributed by atoms with Crippen LogP contribution in [0, 0.1) is 0 Å². The molecule has 2 rings (SSSR count). The van der Waals surface area contributed by atoms with E-state index in [0.29, 0.717) is 6.04 Å². The molecular formula is C15H24N3O5P. The fourth-order valence-corrected chi connectivity index (χ4v) is 2.15. The second-order valence-corrected chi connectivity index (χ2v) is 6.27. The summed E-state index contributed by atoms with van der Waals surface area (Å²) < 4.78 is 14.2. The summed E-state index contributed by atoms with van der Waals surface area (Å²) in [6.45, 7) is 2.88. The molecule has 0 aliphatic rings. The molecule has 0 saturated carbocycles. The number of rotatable bonds is 6. The molecule has 0 unspecified atom stereocenters. The van der Waals surface area contributed by atoms with Crippen LogP contribution in [0.3, 0.4) is 0 Å². The van der Waals surface area contributed by atoms with E-state index in [0.717, 1.165) is 41.7 Å². The van der Waals surface area contributed by atoms with Gasteiger partial charge in [0, 0.05) is 23.7 Å². The van der Waals surface area contributed by atoms with Crippen LogP contribution in [-0.2, 0) is 4.57 Å². The van der Waals surface area contributed by atoms with Crippen LogP contribution in [0.5, 0.6) is 5.75 Å². The first kappa shape index (κ1) is 20.3. The molecule has 0 saturated heterocycles. The molecule has 0 spiro atoms. The summed E-state index contributed by atoms with van der Waals surface area (Å²) in [5.41, 5.74) is 7.53. The Bertz CT molecular complexity index is 684. The number of benzene rings is 1. The third-order valence-corrected chi connectivity index (χ3v) is 3.16. The van der Waals surface area contributed by atoms with E-state index < -0.39 is 7.82 Å². The molecule has 0 bridgehead atoms. The van der Waals surface area contributed by atoms with Crippen molar-refractivity contribution in [3.8, 4) is 5.75 Å². The fraction of sp³-hybridized carbons (Fsp3) is 0.400. The quantitative estimate of drug-likeness (QED) is 0.494. The van der Waals surface area contributed by atoms with Crippen molar-refractivity contribution in [1.29, 1.82) is 0 Å². The smallest absolute Gasteiger partial charge is 0.466 e. The van der Waals surface area contributed by atoms with E-state index in [9.17, 15) is 0 Å². The molecule has 1 heterocycles. The lowest BCUT2D eigenvalue weighted by Gasteiger charge is -2.17. The molecule has 0 aliphatic carbocycles. The van der Waals surface area contributed by atoms with Crippen LogP contribution >= 0.6 is 7.82 Å². The Labute approximate surface area is 140 Å². The fourth-order valence-electron chi connectivity index (χ4n) is 2.15. The number of anilines is 1. The summed E-state index contributed by atoms with van der Waals surface area (Å²) in [5.74, 6) is 0.842. The number of hydrogen-bond donors (Lipinski definition) is 5. The maximum atomic E-state index is 8.88. The van der Waals surface area contributed by atoms with Gasteiger partial charge in [0.05, 0.1) is 18.3 Å². The summed E-state index contributed by atoms with van der Waals surface area (Å²) in [4.78, 5) is 26.0. The molecule has 1 aromatic heterocycles. The van der Waals surface area contributed by atoms with E-state index >= 15 is 0 Å². The van der Waals surface area contributed by atoms with Crippen LogP contribution in [0.4, 0.5) is 5.69 Å². The Morgan fingerprint density at radius 3 is 2.62 bits per heavy atom. The van der Waals surface area contributed by atoms with Crippen LogP contribution < -0.4 is 15.8 Å². The normalized spacial score (nSPS) is 12.2. The van der Waals surface area contributed by atoms with Crippen molar-refractivity contribution in [2.24, 2.45) is 5.73 Å². The third-order valence-electron chi connectivity index (χ3n) is 3.16. The number of pyridine rings is 1. The molecule has 9 heteroatoms. The molecule has 1 atom stereocenters. The number of nitrogens with one attached hydrogen (secondary N) is 1. The first-order valence-electron chi connectivity index (χ1n) is 7.42. The summed E-state index contributed by atoms with van der Waals surface area (Å²) >= 11 is 0. The topological polar surface area (TPSA) is 138 Å². The minimum absolute atomic E-state index is 0.362. The molecule has 1 aromatic carbocycles. The highest BCUT2D eigenvalue weighted by Gasteiger charge is 2.08. The Morgan fingerprint density at radius 1 is 1.38 bits per heavy atom. The van der Waals surface area contributed by atoms with Crippen molar-refractivity contribution >= 4 is 24.4 Å². The van der Waals surface area contributed by atoms with Gasteiger partial charge in [-0.3, -0.25) is 4.98 Å². The molecule has 0 aliphatic heterocycles. The van der Waals surface area contributed by atoms with Crippen molar-refractivity contribution < 1.29 is 24.0 Å². The largest absolute Gasteiger partial charge is 0.497 e. The first-order valence-corrected chi connectivity index (χ1v) is 8.98. The van der Waals surface area contributed by atoms with Gasteiger partial charge in [-0.25, -0.2) is 4.57 Å². The van der Waals surface area contributed by atoms with Gasteiger partial charge in [-0.15, -0.1) is 0 Å². The van der Waals surface area contributed by atoms with E-state index in [1.165, 1.54) is 0 Å². The predicted molar refractivity (Wildman–Crippen MR) is 93.9 cm³/mol. The molecule has 2 aromatic rings. The molecular weight excluding hydrogens is 333 g/mol. The lowest BCUT2D eigenvalue weighted by molar-refractivity contribution is 0.275. The number of ether oxygens (including phenoxy) is 1. The lowest BCUT2D eigenvalue weighted by atomic mass is 10.1. The van der Waals surface area contributed by atoms with E-state index in [4.69, 9.17) is 29.7 Å². The monoisotopic (exact) mass is 357 g/mol. The zero-order chi connectivity index (χ0) is 18.2. The third kappa shape index (κ3) is 7.72. The van der Waals surface area contributed by atoms with E-state index in [1.807, 2.05) is 30.5 Å². The second kappa shape index (κ2) is 9.56. The first-order chi connectivity index (χ1) is 11.2. The van der Waals surface area contributed by atoms with Gasteiger partial charge in [-0.1, -0.05) is 6.07 Å². The van der Waals surface area contributed by atoms with E-state index in [2.05, 4.69) is 17.2 Å². The number of nitrogens with zero attached hydrogens (tertiary/aromatic N) is 1. The summed E-state index contributed by atoms with van der Waals surface area (Å²) in [7, 11) is -2.96. The number of phosphoric acid groups is 1. The van der Waals surface area contributed by atoms with Crippen LogP contribution in [0.2, 0.25) is 0 Å². The van der Waals surface area contributed by atoms with Crippen molar-refractivity contribution in [3.63, 3.8) is 0 Å². The Balaban J connectivity index is 0.000000505. The van der Waals surface area contributed by atoms with Crippen LogP contribution in [-0.4, -0.2) is 39.4 Å². The zero-order valence-corrected chi connectivity index (χ0v) is 14.6. The van der Waals surface area contributed by atoms with Gasteiger partial charge >= 0.3 is 7.82 Å². The zero-order valence-electron chi connectivity index (χ0n) is 13.7. The van der Waals surface area contributed by atoms with Crippen molar-refractivity contribution in [3.05, 3.63) is 30.5 Å². The van der Waals surface area contributed by atoms with Crippen molar-refractivity contribution in [2.45, 2.75) is 25.8 Å². The second-order valence-electron chi connectivity index (χ2n) is 5.24. The Morgan fingerprint density at radius 2 is 2.04 bits per heavy atom. The van der Waals surface area contributed by atoms with Crippen LogP contribution in [0.1, 0.15) is 19.8 Å². The van der Waals surface area contributed by atoms with Gasteiger partial charge in [0.2, 0.25) is 0 Å². The minimum Gasteiger partial charge on any atom is -0.497 e. The molecule has 0 radical (unpaired) electrons. The van der Waals surface area contributed by atoms with Gasteiger partial charge in [0.1, 0.15) is 5.75 Å². The van der Waals surface area contributed by atoms with Crippen LogP contribution in [0.25, 0.3) is 10.9 Å². The van der Waals surface area contributed by atoms with Gasteiger partial charge in [-0.2, -0.15) is 0 Å². The van der Waals surface area contributed by atoms with Gasteiger partial charge in [0.25, 0.3) is 0 Å². The number of fused-ring (bicyclic) bond motifs is 1. The highest BCUT2D eigenvalue weighted by molar-refractivity contribution is 7.45. The van der Waals surface area contributed by atoms with Gasteiger partial charge in [0.15, 0.2) is 0 Å². The Kier molecular flexibility index (Phi) is 8.10. The highest BCUT2D eigenvalue weighted by Crippen LogP contribution is 2.28. The SMILES string of the molecule is COc1cc(N[C@H](C)CCCN)c2ncccc2c1.O=P(O)(O)O. The maximum Gasteiger partial charge on any atom is 0.466 e. The average Bonchev–Trinajstić information content (AvgIpc) is 2.51. The minimum atomic E-state index is -4.64. The lowest BCUT2D eigenvalue weighted by Crippen LogP contribution is -2.17. The molecule has 24 heavy (non-hydrogen) atoms. The molecule has 6 N–H and O–H groups in total. The standard InChI is InChI=1S/C15H21N3O.H3O4P/c1-11(5-3-7-16)18-14-10-13(19-2)9-12-6-4-8-17-15(12)14;1-5(2,3)4/h4,6,8-11,18H,3,5,7,16H2,1-2H3;(H3,1,2,3,4)/t11-;/m1./s1. The van der Waals surface area contributed by atoms with Gasteiger partial charge in [-0.05, 0) is 38.4 Å². The molecule has 134 valence electrons. The summed E-state index contributed by atoms with van der Waals surface area (Å²) in [5, 5.41) is 4.58. The highest BCUT2D eigenvalue weighted by atomic mass is 31.2. The average molecular weight is 357 g/mol. The summed E-state index contributed by atoms with van der Waals surface area (Å²) in [6.07, 6.45) is 3.87. The number of aromatic nitrogens is 1. The molecule has 0 amide bonds. The maximum absolute atomic E-state index is 8.88. The van der Waals surface area contributed by atoms with Crippen molar-refractivity contribution in [1.82, 2.24) is 4.98 Å². The van der Waals surface area contributed by atoms with Crippen molar-refractivity contribution in [2.75, 3.05) is 19.0 Å². The predicted octanol–water partition coefficient (Wildman–Crippen LogP) is 1.85. The van der Waals surface area contributed by atoms with E-state index in [1.54, 1.807) is 7.11 Å². The number of hydrogen-bond acceptors (Lipinski definition) is 5. The van der Waals surface area contributed by atoms with Gasteiger partial charge < -0.3 is 30.5 Å². The number of nitrogens with two attached hydrogens (primary N) is 1. The summed E-state index contributed by atoms with van der Waals surface area (Å²) in [6, 6.07) is 8.33. The van der Waals surface area contributed by atoms with Crippen LogP contribution in [0.15, 0.2) is 30.5 Å².